The van der Waals surface area contributed by atoms with Crippen LogP contribution in [0.3, 0.4) is 0 Å². The lowest BCUT2D eigenvalue weighted by atomic mass is 10.1. The zero-order chi connectivity index (χ0) is 20.9. The number of ether oxygens (including phenoxy) is 1. The Kier molecular flexibility index (Phi) is 5.57. The minimum absolute atomic E-state index is 0.0388. The third-order valence-corrected chi connectivity index (χ3v) is 4.88. The molecule has 0 atom stereocenters. The van der Waals surface area contributed by atoms with Crippen molar-refractivity contribution in [3.63, 3.8) is 0 Å². The Morgan fingerprint density at radius 2 is 1.63 bits per heavy atom. The summed E-state index contributed by atoms with van der Waals surface area (Å²) in [5.74, 6) is 0.746. The quantitative estimate of drug-likeness (QED) is 0.309. The molecule has 3 aromatic carbocycles. The first-order chi connectivity index (χ1) is 14.6. The fourth-order valence-electron chi connectivity index (χ4n) is 3.17. The second kappa shape index (κ2) is 8.62. The summed E-state index contributed by atoms with van der Waals surface area (Å²) in [4.78, 5) is 12.6. The first-order valence-electron chi connectivity index (χ1n) is 9.72. The largest absolute Gasteiger partial charge is 0.497 e. The maximum absolute atomic E-state index is 12.6. The number of nitrogens with zero attached hydrogens (tertiary/aromatic N) is 2. The van der Waals surface area contributed by atoms with Gasteiger partial charge in [0.25, 0.3) is 0 Å². The van der Waals surface area contributed by atoms with E-state index in [4.69, 9.17) is 9.84 Å². The molecule has 4 nitrogen and oxygen atoms in total. The molecule has 30 heavy (non-hydrogen) atoms. The molecule has 0 saturated heterocycles. The van der Waals surface area contributed by atoms with E-state index in [9.17, 15) is 4.79 Å². The molecule has 4 aromatic rings. The molecule has 0 radical (unpaired) electrons. The van der Waals surface area contributed by atoms with Gasteiger partial charge in [-0.25, -0.2) is 4.68 Å². The maximum atomic E-state index is 12.6. The van der Waals surface area contributed by atoms with E-state index < -0.39 is 0 Å². The average molecular weight is 394 g/mol. The first kappa shape index (κ1) is 19.4. The molecule has 0 bridgehead atoms. The fraction of sp³-hybridized carbons (Fsp3) is 0.0769. The number of allylic oxidation sites excluding steroid dienone is 1. The van der Waals surface area contributed by atoms with E-state index in [-0.39, 0.29) is 5.78 Å². The van der Waals surface area contributed by atoms with Gasteiger partial charge in [-0.1, -0.05) is 48.0 Å². The van der Waals surface area contributed by atoms with E-state index in [0.29, 0.717) is 5.56 Å². The van der Waals surface area contributed by atoms with Gasteiger partial charge >= 0.3 is 0 Å². The molecule has 0 amide bonds. The lowest BCUT2D eigenvalue weighted by Gasteiger charge is -2.02. The standard InChI is InChI=1S/C26H22N2O2/c1-19-8-10-20(11-9-19)25(29)17-14-22-18-28(23-6-4-3-5-7-23)27-26(22)21-12-15-24(30-2)16-13-21/h3-18H,1-2H3. The molecular formula is C26H22N2O2. The Hall–Kier alpha value is -3.92. The van der Waals surface area contributed by atoms with Gasteiger partial charge in [-0.2, -0.15) is 5.10 Å². The van der Waals surface area contributed by atoms with Crippen LogP contribution in [0, 0.1) is 6.92 Å². The van der Waals surface area contributed by atoms with Crippen molar-refractivity contribution in [1.29, 1.82) is 0 Å². The predicted molar refractivity (Wildman–Crippen MR) is 120 cm³/mol. The molecule has 0 aliphatic carbocycles. The summed E-state index contributed by atoms with van der Waals surface area (Å²) in [5, 5.41) is 4.78. The van der Waals surface area contributed by atoms with Gasteiger partial charge < -0.3 is 4.74 Å². The van der Waals surface area contributed by atoms with Crippen molar-refractivity contribution in [2.75, 3.05) is 7.11 Å². The van der Waals surface area contributed by atoms with Crippen molar-refractivity contribution in [3.05, 3.63) is 108 Å². The van der Waals surface area contributed by atoms with Crippen molar-refractivity contribution in [2.24, 2.45) is 0 Å². The zero-order valence-electron chi connectivity index (χ0n) is 16.9. The summed E-state index contributed by atoms with van der Waals surface area (Å²) in [6.07, 6.45) is 5.37. The smallest absolute Gasteiger partial charge is 0.185 e. The lowest BCUT2D eigenvalue weighted by molar-refractivity contribution is 0.104. The highest BCUT2D eigenvalue weighted by molar-refractivity contribution is 6.07. The van der Waals surface area contributed by atoms with Crippen molar-refractivity contribution >= 4 is 11.9 Å². The summed E-state index contributed by atoms with van der Waals surface area (Å²) in [7, 11) is 1.64. The normalized spacial score (nSPS) is 11.0. The molecule has 0 aliphatic heterocycles. The highest BCUT2D eigenvalue weighted by Gasteiger charge is 2.11. The van der Waals surface area contributed by atoms with Gasteiger partial charge in [0.15, 0.2) is 5.78 Å². The van der Waals surface area contributed by atoms with E-state index in [0.717, 1.165) is 33.8 Å². The number of hydrogen-bond donors (Lipinski definition) is 0. The second-order valence-corrected chi connectivity index (χ2v) is 7.01. The zero-order valence-corrected chi connectivity index (χ0v) is 16.9. The van der Waals surface area contributed by atoms with Crippen LogP contribution in [0.5, 0.6) is 5.75 Å². The summed E-state index contributed by atoms with van der Waals surface area (Å²) >= 11 is 0. The van der Waals surface area contributed by atoms with Crippen LogP contribution in [0.25, 0.3) is 23.0 Å². The molecule has 0 N–H and O–H groups in total. The highest BCUT2D eigenvalue weighted by atomic mass is 16.5. The summed E-state index contributed by atoms with van der Waals surface area (Å²) < 4.78 is 7.09. The van der Waals surface area contributed by atoms with Gasteiger partial charge in [-0.3, -0.25) is 4.79 Å². The molecule has 0 spiro atoms. The number of carbonyl (C=O) groups excluding carboxylic acids is 1. The van der Waals surface area contributed by atoms with Gasteiger partial charge in [0.05, 0.1) is 18.5 Å². The van der Waals surface area contributed by atoms with Crippen LogP contribution in [0.4, 0.5) is 0 Å². The van der Waals surface area contributed by atoms with Gasteiger partial charge in [0, 0.05) is 22.9 Å². The third-order valence-electron chi connectivity index (χ3n) is 4.88. The Balaban J connectivity index is 1.71. The molecule has 0 saturated carbocycles. The van der Waals surface area contributed by atoms with Crippen molar-refractivity contribution in [1.82, 2.24) is 9.78 Å². The van der Waals surface area contributed by atoms with Crippen LogP contribution >= 0.6 is 0 Å². The number of aromatic nitrogens is 2. The Bertz CT molecular complexity index is 1170. The SMILES string of the molecule is COc1ccc(-c2nn(-c3ccccc3)cc2C=CC(=O)c2ccc(C)cc2)cc1. The monoisotopic (exact) mass is 394 g/mol. The van der Waals surface area contributed by atoms with E-state index in [1.165, 1.54) is 0 Å². The second-order valence-electron chi connectivity index (χ2n) is 7.01. The van der Waals surface area contributed by atoms with Crippen LogP contribution in [-0.2, 0) is 0 Å². The van der Waals surface area contributed by atoms with E-state index in [1.54, 1.807) is 13.2 Å². The van der Waals surface area contributed by atoms with Gasteiger partial charge in [-0.15, -0.1) is 0 Å². The number of carbonyl (C=O) groups is 1. The lowest BCUT2D eigenvalue weighted by Crippen LogP contribution is -1.94. The first-order valence-corrected chi connectivity index (χ1v) is 9.72. The average Bonchev–Trinajstić information content (AvgIpc) is 3.23. The van der Waals surface area contributed by atoms with Crippen LogP contribution < -0.4 is 4.74 Å². The summed E-state index contributed by atoms with van der Waals surface area (Å²) in [5.41, 5.74) is 5.36. The van der Waals surface area contributed by atoms with E-state index in [1.807, 2.05) is 103 Å². The minimum Gasteiger partial charge on any atom is -0.497 e. The minimum atomic E-state index is -0.0388. The van der Waals surface area contributed by atoms with Crippen LogP contribution in [-0.4, -0.2) is 22.7 Å². The number of benzene rings is 3. The van der Waals surface area contributed by atoms with Gasteiger partial charge in [0.2, 0.25) is 0 Å². The van der Waals surface area contributed by atoms with Gasteiger partial charge in [0.1, 0.15) is 5.75 Å². The molecule has 0 fully saturated rings. The van der Waals surface area contributed by atoms with Crippen LogP contribution in [0.1, 0.15) is 21.5 Å². The number of methoxy groups -OCH3 is 1. The number of aryl methyl sites for hydroxylation is 1. The molecular weight excluding hydrogens is 372 g/mol. The molecule has 4 heteroatoms. The molecule has 1 aromatic heterocycles. The molecule has 148 valence electrons. The maximum Gasteiger partial charge on any atom is 0.185 e. The van der Waals surface area contributed by atoms with Crippen molar-refractivity contribution in [2.45, 2.75) is 6.92 Å². The third kappa shape index (κ3) is 4.23. The Labute approximate surface area is 176 Å². The van der Waals surface area contributed by atoms with Gasteiger partial charge in [-0.05, 0) is 55.5 Å². The molecule has 0 unspecified atom stereocenters. The number of hydrogen-bond acceptors (Lipinski definition) is 3. The summed E-state index contributed by atoms with van der Waals surface area (Å²) in [6, 6.07) is 25.2. The summed E-state index contributed by atoms with van der Waals surface area (Å²) in [6.45, 7) is 2.00. The fourth-order valence-corrected chi connectivity index (χ4v) is 3.17. The molecule has 0 aliphatic rings. The predicted octanol–water partition coefficient (Wildman–Crippen LogP) is 5.75. The van der Waals surface area contributed by atoms with E-state index >= 15 is 0 Å². The Morgan fingerprint density at radius 1 is 0.933 bits per heavy atom. The molecule has 4 rings (SSSR count). The van der Waals surface area contributed by atoms with Crippen LogP contribution in [0.2, 0.25) is 0 Å². The van der Waals surface area contributed by atoms with Crippen LogP contribution in [0.15, 0.2) is 91.1 Å². The number of rotatable bonds is 6. The van der Waals surface area contributed by atoms with E-state index in [2.05, 4.69) is 0 Å². The molecule has 1 heterocycles. The highest BCUT2D eigenvalue weighted by Crippen LogP contribution is 2.27. The number of ketones is 1. The number of para-hydroxylation sites is 1. The van der Waals surface area contributed by atoms with Crippen molar-refractivity contribution < 1.29 is 9.53 Å². The topological polar surface area (TPSA) is 44.1 Å². The Morgan fingerprint density at radius 3 is 2.30 bits per heavy atom. The van der Waals surface area contributed by atoms with Crippen molar-refractivity contribution in [3.8, 4) is 22.7 Å².